The molecule has 1 N–H and O–H groups in total. The molecule has 1 atom stereocenters. The van der Waals surface area contributed by atoms with Crippen molar-refractivity contribution in [1.82, 2.24) is 9.88 Å². The molecule has 9 heteroatoms. The number of aromatic nitrogens is 1. The van der Waals surface area contributed by atoms with Crippen molar-refractivity contribution in [2.75, 3.05) is 26.8 Å². The molecule has 0 bridgehead atoms. The van der Waals surface area contributed by atoms with Crippen molar-refractivity contribution in [3.63, 3.8) is 0 Å². The fraction of sp³-hybridized carbons (Fsp3) is 0.462. The molecule has 7 nitrogen and oxygen atoms in total. The predicted molar refractivity (Wildman–Crippen MR) is 82.7 cm³/mol. The van der Waals surface area contributed by atoms with Crippen LogP contribution in [0.15, 0.2) is 18.3 Å². The molecule has 1 unspecified atom stereocenters. The number of carboxylic acid groups (broad SMARTS) is 1. The minimum Gasteiger partial charge on any atom is -0.477 e. The third-order valence-corrected chi connectivity index (χ3v) is 3.06. The molecule has 0 spiro atoms. The van der Waals surface area contributed by atoms with Gasteiger partial charge in [-0.15, -0.1) is 24.8 Å². The summed E-state index contributed by atoms with van der Waals surface area (Å²) in [7, 11) is 1.33. The molecule has 1 aliphatic heterocycles. The molecule has 22 heavy (non-hydrogen) atoms. The van der Waals surface area contributed by atoms with Crippen LogP contribution in [0.25, 0.3) is 0 Å². The minimum absolute atomic E-state index is 0. The van der Waals surface area contributed by atoms with E-state index >= 15 is 0 Å². The Morgan fingerprint density at radius 2 is 2.18 bits per heavy atom. The first-order valence-corrected chi connectivity index (χ1v) is 6.20. The van der Waals surface area contributed by atoms with E-state index in [1.54, 1.807) is 6.07 Å². The summed E-state index contributed by atoms with van der Waals surface area (Å²) in [4.78, 5) is 28.1. The monoisotopic (exact) mass is 352 g/mol. The largest absolute Gasteiger partial charge is 0.477 e. The van der Waals surface area contributed by atoms with E-state index < -0.39 is 12.1 Å². The van der Waals surface area contributed by atoms with Crippen LogP contribution in [0.3, 0.4) is 0 Å². The van der Waals surface area contributed by atoms with Crippen molar-refractivity contribution in [3.05, 3.63) is 29.6 Å². The first-order valence-electron chi connectivity index (χ1n) is 6.20. The van der Waals surface area contributed by atoms with Gasteiger partial charge in [0.1, 0.15) is 5.69 Å². The van der Waals surface area contributed by atoms with E-state index in [2.05, 4.69) is 9.72 Å². The fourth-order valence-corrected chi connectivity index (χ4v) is 2.02. The molecular formula is C13H18Cl2N2O5. The molecule has 1 fully saturated rings. The zero-order valence-electron chi connectivity index (χ0n) is 11.9. The molecule has 1 aliphatic rings. The second-order valence-corrected chi connectivity index (χ2v) is 4.47. The summed E-state index contributed by atoms with van der Waals surface area (Å²) >= 11 is 0. The maximum Gasteiger partial charge on any atom is 0.354 e. The maximum absolute atomic E-state index is 11.4. The molecule has 1 aromatic rings. The van der Waals surface area contributed by atoms with E-state index in [0.29, 0.717) is 26.2 Å². The number of ether oxygens (including phenoxy) is 2. The smallest absolute Gasteiger partial charge is 0.354 e. The molecule has 1 aromatic heterocycles. The van der Waals surface area contributed by atoms with Crippen LogP contribution in [0, 0.1) is 0 Å². The highest BCUT2D eigenvalue weighted by Gasteiger charge is 2.27. The lowest BCUT2D eigenvalue weighted by molar-refractivity contribution is -0.160. The van der Waals surface area contributed by atoms with Gasteiger partial charge in [-0.2, -0.15) is 0 Å². The molecule has 2 rings (SSSR count). The Hall–Kier alpha value is -1.41. The van der Waals surface area contributed by atoms with Crippen molar-refractivity contribution in [3.8, 4) is 0 Å². The Kier molecular flexibility index (Phi) is 8.96. The summed E-state index contributed by atoms with van der Waals surface area (Å²) in [5.74, 6) is -1.43. The van der Waals surface area contributed by atoms with Crippen LogP contribution >= 0.6 is 24.8 Å². The number of halogens is 2. The molecule has 2 heterocycles. The van der Waals surface area contributed by atoms with Gasteiger partial charge in [0.15, 0.2) is 6.10 Å². The summed E-state index contributed by atoms with van der Waals surface area (Å²) in [6.07, 6.45) is 0.964. The van der Waals surface area contributed by atoms with Gasteiger partial charge < -0.3 is 14.6 Å². The number of pyridine rings is 1. The number of hydrogen-bond donors (Lipinski definition) is 1. The highest BCUT2D eigenvalue weighted by Crippen LogP contribution is 2.11. The molecular weight excluding hydrogens is 335 g/mol. The van der Waals surface area contributed by atoms with Crippen LogP contribution in [0.2, 0.25) is 0 Å². The average Bonchev–Trinajstić information content (AvgIpc) is 2.47. The van der Waals surface area contributed by atoms with Gasteiger partial charge in [-0.1, -0.05) is 6.07 Å². The summed E-state index contributed by atoms with van der Waals surface area (Å²) < 4.78 is 10.0. The van der Waals surface area contributed by atoms with Crippen LogP contribution in [-0.4, -0.2) is 59.8 Å². The fourth-order valence-electron chi connectivity index (χ4n) is 2.02. The standard InChI is InChI=1S/C13H16N2O5.2ClH/c1-19-13(18)11-8-15(4-5-20-11)7-9-2-3-10(12(16)17)14-6-9;;/h2-3,6,11H,4-5,7-8H2,1H3,(H,16,17);2*1H. The summed E-state index contributed by atoms with van der Waals surface area (Å²) in [5.41, 5.74) is 0.906. The molecule has 0 amide bonds. The summed E-state index contributed by atoms with van der Waals surface area (Å²) in [6, 6.07) is 3.19. The number of carbonyl (C=O) groups excluding carboxylic acids is 1. The molecule has 124 valence electrons. The van der Waals surface area contributed by atoms with E-state index in [0.717, 1.165) is 5.56 Å². The number of carboxylic acids is 1. The van der Waals surface area contributed by atoms with Gasteiger partial charge in [0.25, 0.3) is 0 Å². The predicted octanol–water partition coefficient (Wildman–Crippen LogP) is 0.997. The number of esters is 1. The SMILES string of the molecule is COC(=O)C1CN(Cc2ccc(C(=O)O)nc2)CCO1.Cl.Cl. The molecule has 0 saturated carbocycles. The van der Waals surface area contributed by atoms with Crippen LogP contribution < -0.4 is 0 Å². The Labute approximate surface area is 140 Å². The average molecular weight is 353 g/mol. The number of methoxy groups -OCH3 is 1. The van der Waals surface area contributed by atoms with E-state index in [4.69, 9.17) is 9.84 Å². The number of hydrogen-bond acceptors (Lipinski definition) is 6. The highest BCUT2D eigenvalue weighted by molar-refractivity contribution is 5.86. The second kappa shape index (κ2) is 9.58. The Morgan fingerprint density at radius 1 is 1.45 bits per heavy atom. The van der Waals surface area contributed by atoms with Gasteiger partial charge in [0, 0.05) is 25.8 Å². The number of nitrogens with zero attached hydrogens (tertiary/aromatic N) is 2. The Balaban J connectivity index is 0.00000220. The maximum atomic E-state index is 11.4. The topological polar surface area (TPSA) is 89.0 Å². The number of aromatic carboxylic acids is 1. The van der Waals surface area contributed by atoms with Crippen LogP contribution in [0.1, 0.15) is 16.1 Å². The minimum atomic E-state index is -1.05. The molecule has 0 aliphatic carbocycles. The van der Waals surface area contributed by atoms with E-state index in [-0.39, 0.29) is 36.5 Å². The summed E-state index contributed by atoms with van der Waals surface area (Å²) in [5, 5.41) is 8.78. The lowest BCUT2D eigenvalue weighted by atomic mass is 10.2. The number of morpholine rings is 1. The van der Waals surface area contributed by atoms with Crippen LogP contribution in [0.5, 0.6) is 0 Å². The van der Waals surface area contributed by atoms with Crippen LogP contribution in [-0.2, 0) is 20.8 Å². The van der Waals surface area contributed by atoms with Crippen molar-refractivity contribution in [2.45, 2.75) is 12.6 Å². The molecule has 1 saturated heterocycles. The van der Waals surface area contributed by atoms with Gasteiger partial charge in [-0.3, -0.25) is 4.90 Å². The highest BCUT2D eigenvalue weighted by atomic mass is 35.5. The van der Waals surface area contributed by atoms with E-state index in [9.17, 15) is 9.59 Å². The van der Waals surface area contributed by atoms with E-state index in [1.165, 1.54) is 19.4 Å². The lowest BCUT2D eigenvalue weighted by Crippen LogP contribution is -2.46. The second-order valence-electron chi connectivity index (χ2n) is 4.47. The van der Waals surface area contributed by atoms with Crippen molar-refractivity contribution in [1.29, 1.82) is 0 Å². The third-order valence-electron chi connectivity index (χ3n) is 3.06. The van der Waals surface area contributed by atoms with Gasteiger partial charge in [-0.25, -0.2) is 14.6 Å². The first-order chi connectivity index (χ1) is 9.60. The zero-order chi connectivity index (χ0) is 14.5. The summed E-state index contributed by atoms with van der Waals surface area (Å²) in [6.45, 7) is 2.20. The normalized spacial score (nSPS) is 17.8. The quantitative estimate of drug-likeness (QED) is 0.808. The van der Waals surface area contributed by atoms with Crippen LogP contribution in [0.4, 0.5) is 0 Å². The van der Waals surface area contributed by atoms with Gasteiger partial charge >= 0.3 is 11.9 Å². The lowest BCUT2D eigenvalue weighted by Gasteiger charge is -2.31. The van der Waals surface area contributed by atoms with E-state index in [1.807, 2.05) is 4.90 Å². The van der Waals surface area contributed by atoms with Crippen molar-refractivity contribution >= 4 is 36.8 Å². The first kappa shape index (κ1) is 20.6. The third kappa shape index (κ3) is 5.42. The van der Waals surface area contributed by atoms with Gasteiger partial charge in [-0.05, 0) is 11.6 Å². The Bertz CT molecular complexity index is 498. The van der Waals surface area contributed by atoms with Crippen molar-refractivity contribution in [2.24, 2.45) is 0 Å². The Morgan fingerprint density at radius 3 is 2.73 bits per heavy atom. The zero-order valence-corrected chi connectivity index (χ0v) is 13.6. The van der Waals surface area contributed by atoms with Gasteiger partial charge in [0.2, 0.25) is 0 Å². The van der Waals surface area contributed by atoms with Gasteiger partial charge in [0.05, 0.1) is 13.7 Å². The molecule has 0 aromatic carbocycles. The number of carbonyl (C=O) groups is 2. The molecule has 0 radical (unpaired) electrons. The van der Waals surface area contributed by atoms with Crippen molar-refractivity contribution < 1.29 is 24.2 Å². The number of rotatable bonds is 4.